The van der Waals surface area contributed by atoms with Crippen molar-refractivity contribution in [3.63, 3.8) is 0 Å². The molecule has 1 saturated heterocycles. The van der Waals surface area contributed by atoms with Gasteiger partial charge in [0.05, 0.1) is 11.4 Å². The van der Waals surface area contributed by atoms with E-state index in [2.05, 4.69) is 88.2 Å². The number of aryl methyl sites for hydroxylation is 3. The maximum absolute atomic E-state index is 12.3. The van der Waals surface area contributed by atoms with Gasteiger partial charge < -0.3 is 20.1 Å². The fourth-order valence-corrected chi connectivity index (χ4v) is 5.99. The minimum absolute atomic E-state index is 0.229. The van der Waals surface area contributed by atoms with Gasteiger partial charge in [-0.05, 0) is 74.3 Å². The Hall–Kier alpha value is -4.69. The molecule has 1 aliphatic rings. The number of carbonyl (C=O) groups is 1. The molecule has 1 amide bonds. The smallest absolute Gasteiger partial charge is 0.247 e. The largest absolute Gasteiger partial charge is 0.369 e. The summed E-state index contributed by atoms with van der Waals surface area (Å²) >= 11 is 0. The molecule has 8 nitrogen and oxygen atoms in total. The Morgan fingerprint density at radius 2 is 1.71 bits per heavy atom. The molecule has 4 heterocycles. The summed E-state index contributed by atoms with van der Waals surface area (Å²) in [6.07, 6.45) is 5.24. The van der Waals surface area contributed by atoms with Gasteiger partial charge in [0, 0.05) is 79.1 Å². The van der Waals surface area contributed by atoms with Gasteiger partial charge in [0.25, 0.3) is 0 Å². The van der Waals surface area contributed by atoms with Crippen molar-refractivity contribution in [1.29, 1.82) is 0 Å². The van der Waals surface area contributed by atoms with E-state index < -0.39 is 0 Å². The maximum Gasteiger partial charge on any atom is 0.247 e. The van der Waals surface area contributed by atoms with Crippen molar-refractivity contribution in [1.82, 2.24) is 24.6 Å². The Kier molecular flexibility index (Phi) is 7.16. The van der Waals surface area contributed by atoms with Crippen LogP contribution in [0.3, 0.4) is 0 Å². The zero-order valence-corrected chi connectivity index (χ0v) is 25.0. The average Bonchev–Trinajstić information content (AvgIpc) is 3.54. The van der Waals surface area contributed by atoms with Crippen LogP contribution >= 0.6 is 0 Å². The summed E-state index contributed by atoms with van der Waals surface area (Å²) in [5.41, 5.74) is 12.0. The highest BCUT2D eigenvalue weighted by molar-refractivity contribution is 6.06. The highest BCUT2D eigenvalue weighted by Crippen LogP contribution is 2.43. The number of nitrogens with zero attached hydrogens (tertiary/aromatic N) is 5. The second kappa shape index (κ2) is 10.9. The lowest BCUT2D eigenvalue weighted by atomic mass is 9.92. The number of amides is 1. The van der Waals surface area contributed by atoms with Crippen LogP contribution < -0.4 is 10.2 Å². The van der Waals surface area contributed by atoms with Crippen LogP contribution in [-0.4, -0.2) is 63.8 Å². The zero-order chi connectivity index (χ0) is 29.5. The third-order valence-corrected chi connectivity index (χ3v) is 8.38. The van der Waals surface area contributed by atoms with Gasteiger partial charge in [0.2, 0.25) is 5.91 Å². The number of fused-ring (bicyclic) bond motifs is 1. The van der Waals surface area contributed by atoms with E-state index in [4.69, 9.17) is 4.98 Å². The molecule has 1 aliphatic heterocycles. The molecule has 6 rings (SSSR count). The third kappa shape index (κ3) is 4.99. The van der Waals surface area contributed by atoms with Gasteiger partial charge >= 0.3 is 0 Å². The van der Waals surface area contributed by atoms with Crippen molar-refractivity contribution >= 4 is 28.3 Å². The number of nitrogens with one attached hydrogen (secondary N) is 2. The summed E-state index contributed by atoms with van der Waals surface area (Å²) in [5, 5.41) is 8.59. The zero-order valence-electron chi connectivity index (χ0n) is 25.0. The van der Waals surface area contributed by atoms with E-state index in [1.807, 2.05) is 38.0 Å². The van der Waals surface area contributed by atoms with Crippen LogP contribution in [0.5, 0.6) is 0 Å². The van der Waals surface area contributed by atoms with Gasteiger partial charge in [-0.1, -0.05) is 30.8 Å². The summed E-state index contributed by atoms with van der Waals surface area (Å²) in [6, 6.07) is 15.2. The third-order valence-electron chi connectivity index (χ3n) is 8.38. The number of hydrogen-bond acceptors (Lipinski definition) is 5. The molecule has 3 aromatic heterocycles. The van der Waals surface area contributed by atoms with Gasteiger partial charge in [0.15, 0.2) is 0 Å². The number of H-pyrrole nitrogens is 1. The molecular formula is C34H37N7O. The topological polar surface area (TPSA) is 82.1 Å². The molecule has 214 valence electrons. The van der Waals surface area contributed by atoms with Crippen LogP contribution in [0.4, 0.5) is 11.4 Å². The quantitative estimate of drug-likeness (QED) is 0.246. The normalized spacial score (nSPS) is 14.0. The number of rotatable bonds is 6. The lowest BCUT2D eigenvalue weighted by Gasteiger charge is -2.34. The van der Waals surface area contributed by atoms with Crippen molar-refractivity contribution in [2.75, 3.05) is 43.4 Å². The highest BCUT2D eigenvalue weighted by atomic mass is 16.1. The first kappa shape index (κ1) is 27.5. The fraction of sp³-hybridized carbons (Fsp3) is 0.265. The standard InChI is InChI=1S/C34H37N7O/c1-7-30(42)36-32-21(2)8-13-27(22(32)3)31-28-18-25(29-20-40(6)38-23(29)4)19-35-34(28)37-33(31)24-9-11-26(12-10-24)41-16-14-39(5)15-17-41/h7-13,18-20H,1,14-17H2,2-6H3,(H,35,37)(H,36,42). The van der Waals surface area contributed by atoms with Crippen LogP contribution in [-0.2, 0) is 11.8 Å². The summed E-state index contributed by atoms with van der Waals surface area (Å²) in [6.45, 7) is 13.9. The maximum atomic E-state index is 12.3. The molecule has 5 aromatic rings. The van der Waals surface area contributed by atoms with Crippen LogP contribution in [0.1, 0.15) is 16.8 Å². The lowest BCUT2D eigenvalue weighted by Crippen LogP contribution is -2.44. The van der Waals surface area contributed by atoms with Crippen LogP contribution in [0.25, 0.3) is 44.5 Å². The minimum Gasteiger partial charge on any atom is -0.369 e. The predicted molar refractivity (Wildman–Crippen MR) is 172 cm³/mol. The first-order valence-electron chi connectivity index (χ1n) is 14.3. The Bertz CT molecular complexity index is 1800. The van der Waals surface area contributed by atoms with E-state index in [-0.39, 0.29) is 5.91 Å². The number of hydrogen-bond donors (Lipinski definition) is 2. The van der Waals surface area contributed by atoms with E-state index >= 15 is 0 Å². The van der Waals surface area contributed by atoms with E-state index in [1.165, 1.54) is 11.8 Å². The number of anilines is 2. The van der Waals surface area contributed by atoms with Crippen LogP contribution in [0.15, 0.2) is 67.5 Å². The monoisotopic (exact) mass is 559 g/mol. The van der Waals surface area contributed by atoms with E-state index in [0.29, 0.717) is 0 Å². The Morgan fingerprint density at radius 3 is 2.38 bits per heavy atom. The molecule has 0 aliphatic carbocycles. The highest BCUT2D eigenvalue weighted by Gasteiger charge is 2.22. The fourth-order valence-electron chi connectivity index (χ4n) is 5.99. The number of piperazine rings is 1. The first-order chi connectivity index (χ1) is 20.2. The molecule has 8 heteroatoms. The van der Waals surface area contributed by atoms with Crippen LogP contribution in [0, 0.1) is 20.8 Å². The minimum atomic E-state index is -0.229. The molecule has 1 fully saturated rings. The van der Waals surface area contributed by atoms with Crippen molar-refractivity contribution < 1.29 is 4.79 Å². The molecule has 0 radical (unpaired) electrons. The van der Waals surface area contributed by atoms with Gasteiger partial charge in [-0.25, -0.2) is 4.98 Å². The summed E-state index contributed by atoms with van der Waals surface area (Å²) in [4.78, 5) is 25.7. The van der Waals surface area contributed by atoms with E-state index in [0.717, 1.165) is 93.2 Å². The Morgan fingerprint density at radius 1 is 0.976 bits per heavy atom. The molecule has 0 saturated carbocycles. The second-order valence-corrected chi connectivity index (χ2v) is 11.3. The Balaban J connectivity index is 1.53. The van der Waals surface area contributed by atoms with Crippen molar-refractivity contribution in [2.24, 2.45) is 7.05 Å². The van der Waals surface area contributed by atoms with Gasteiger partial charge in [-0.3, -0.25) is 9.48 Å². The summed E-state index contributed by atoms with van der Waals surface area (Å²) in [5.74, 6) is -0.229. The number of benzene rings is 2. The van der Waals surface area contributed by atoms with E-state index in [9.17, 15) is 4.79 Å². The number of likely N-dealkylation sites (N-methyl/N-ethyl adjacent to an activating group) is 1. The molecule has 0 bridgehead atoms. The molecule has 42 heavy (non-hydrogen) atoms. The summed E-state index contributed by atoms with van der Waals surface area (Å²) in [7, 11) is 4.11. The molecule has 0 spiro atoms. The van der Waals surface area contributed by atoms with Crippen molar-refractivity contribution in [3.8, 4) is 33.5 Å². The molecule has 0 unspecified atom stereocenters. The molecule has 2 N–H and O–H groups in total. The number of carbonyl (C=O) groups excluding carboxylic acids is 1. The molecule has 0 atom stereocenters. The van der Waals surface area contributed by atoms with Crippen LogP contribution in [0.2, 0.25) is 0 Å². The van der Waals surface area contributed by atoms with Gasteiger partial charge in [0.1, 0.15) is 5.65 Å². The van der Waals surface area contributed by atoms with Crippen molar-refractivity contribution in [3.05, 3.63) is 84.3 Å². The van der Waals surface area contributed by atoms with E-state index in [1.54, 1.807) is 0 Å². The SMILES string of the molecule is C=CC(=O)Nc1c(C)ccc(-c2c(-c3ccc(N4CCN(C)CC4)cc3)[nH]c3ncc(-c4cn(C)nc4C)cc23)c1C. The second-order valence-electron chi connectivity index (χ2n) is 11.3. The predicted octanol–water partition coefficient (Wildman–Crippen LogP) is 6.10. The summed E-state index contributed by atoms with van der Waals surface area (Å²) < 4.78 is 1.83. The van der Waals surface area contributed by atoms with Crippen molar-refractivity contribution in [2.45, 2.75) is 20.8 Å². The number of aromatic amines is 1. The van der Waals surface area contributed by atoms with Gasteiger partial charge in [-0.15, -0.1) is 0 Å². The average molecular weight is 560 g/mol. The first-order valence-corrected chi connectivity index (χ1v) is 14.3. The number of pyridine rings is 1. The Labute approximate surface area is 246 Å². The van der Waals surface area contributed by atoms with Gasteiger partial charge in [-0.2, -0.15) is 5.10 Å². The lowest BCUT2D eigenvalue weighted by molar-refractivity contribution is -0.111. The number of aromatic nitrogens is 4. The molecule has 2 aromatic carbocycles. The molecular weight excluding hydrogens is 522 g/mol.